The second-order valence-electron chi connectivity index (χ2n) is 6.26. The van der Waals surface area contributed by atoms with E-state index in [-0.39, 0.29) is 6.03 Å². The van der Waals surface area contributed by atoms with Crippen LogP contribution in [0.15, 0.2) is 60.7 Å². The molecule has 1 saturated heterocycles. The van der Waals surface area contributed by atoms with Crippen LogP contribution in [-0.4, -0.2) is 50.2 Å². The van der Waals surface area contributed by atoms with Gasteiger partial charge in [0.2, 0.25) is 0 Å². The number of urea groups is 1. The van der Waals surface area contributed by atoms with Crippen LogP contribution in [0.5, 0.6) is 0 Å². The lowest BCUT2D eigenvalue weighted by atomic mass is 10.2. The topological polar surface area (TPSA) is 47.6 Å². The Morgan fingerprint density at radius 1 is 0.880 bits per heavy atom. The van der Waals surface area contributed by atoms with E-state index in [4.69, 9.17) is 0 Å². The summed E-state index contributed by atoms with van der Waals surface area (Å²) >= 11 is 0. The first kappa shape index (κ1) is 17.3. The van der Waals surface area contributed by atoms with E-state index in [0.717, 1.165) is 44.8 Å². The number of anilines is 2. The third kappa shape index (κ3) is 5.50. The first-order chi connectivity index (χ1) is 12.3. The fraction of sp³-hybridized carbons (Fsp3) is 0.350. The van der Waals surface area contributed by atoms with Crippen molar-refractivity contribution in [2.24, 2.45) is 0 Å². The molecule has 0 saturated carbocycles. The molecule has 1 aliphatic heterocycles. The third-order valence-electron chi connectivity index (χ3n) is 4.46. The molecule has 1 aliphatic rings. The number of rotatable bonds is 6. The van der Waals surface area contributed by atoms with E-state index in [9.17, 15) is 4.79 Å². The predicted molar refractivity (Wildman–Crippen MR) is 103 cm³/mol. The maximum absolute atomic E-state index is 11.8. The highest BCUT2D eigenvalue weighted by atomic mass is 16.2. The van der Waals surface area contributed by atoms with Gasteiger partial charge < -0.3 is 15.5 Å². The number of nitrogens with one attached hydrogen (secondary N) is 2. The van der Waals surface area contributed by atoms with Crippen LogP contribution in [0.25, 0.3) is 0 Å². The van der Waals surface area contributed by atoms with Gasteiger partial charge in [-0.3, -0.25) is 4.90 Å². The van der Waals surface area contributed by atoms with Gasteiger partial charge >= 0.3 is 6.03 Å². The van der Waals surface area contributed by atoms with E-state index >= 15 is 0 Å². The molecule has 132 valence electrons. The van der Waals surface area contributed by atoms with E-state index in [1.807, 2.05) is 30.3 Å². The monoisotopic (exact) mass is 338 g/mol. The maximum atomic E-state index is 11.8. The zero-order chi connectivity index (χ0) is 17.3. The minimum Gasteiger partial charge on any atom is -0.369 e. The summed E-state index contributed by atoms with van der Waals surface area (Å²) in [5.74, 6) is 0. The van der Waals surface area contributed by atoms with Crippen molar-refractivity contribution in [3.63, 3.8) is 0 Å². The quantitative estimate of drug-likeness (QED) is 0.796. The number of hydrogen-bond donors (Lipinski definition) is 2. The first-order valence-electron chi connectivity index (χ1n) is 8.93. The van der Waals surface area contributed by atoms with Crippen LogP contribution in [0.4, 0.5) is 16.2 Å². The van der Waals surface area contributed by atoms with Gasteiger partial charge in [0.25, 0.3) is 0 Å². The van der Waals surface area contributed by atoms with Crippen molar-refractivity contribution >= 4 is 17.4 Å². The van der Waals surface area contributed by atoms with Crippen LogP contribution < -0.4 is 15.5 Å². The SMILES string of the molecule is O=C(NCCCN1CCN(c2ccccc2)CC1)Nc1ccccc1. The van der Waals surface area contributed by atoms with Gasteiger partial charge in [-0.2, -0.15) is 0 Å². The number of para-hydroxylation sites is 2. The smallest absolute Gasteiger partial charge is 0.319 e. The van der Waals surface area contributed by atoms with E-state index in [1.165, 1.54) is 5.69 Å². The Morgan fingerprint density at radius 3 is 2.20 bits per heavy atom. The number of benzene rings is 2. The summed E-state index contributed by atoms with van der Waals surface area (Å²) in [6.07, 6.45) is 0.966. The molecule has 5 heteroatoms. The van der Waals surface area contributed by atoms with Crippen molar-refractivity contribution < 1.29 is 4.79 Å². The molecule has 0 bridgehead atoms. The Labute approximate surface area is 149 Å². The molecule has 25 heavy (non-hydrogen) atoms. The molecule has 3 rings (SSSR count). The number of carbonyl (C=O) groups is 1. The second kappa shape index (κ2) is 9.08. The normalized spacial score (nSPS) is 15.0. The van der Waals surface area contributed by atoms with Crippen LogP contribution in [-0.2, 0) is 0 Å². The number of carbonyl (C=O) groups excluding carboxylic acids is 1. The van der Waals surface area contributed by atoms with Crippen LogP contribution in [0.1, 0.15) is 6.42 Å². The lowest BCUT2D eigenvalue weighted by Crippen LogP contribution is -2.47. The molecule has 2 amide bonds. The predicted octanol–water partition coefficient (Wildman–Crippen LogP) is 3.02. The van der Waals surface area contributed by atoms with Gasteiger partial charge in [0.05, 0.1) is 0 Å². The highest BCUT2D eigenvalue weighted by Gasteiger charge is 2.16. The zero-order valence-electron chi connectivity index (χ0n) is 14.5. The van der Waals surface area contributed by atoms with Crippen molar-refractivity contribution in [2.75, 3.05) is 49.5 Å². The van der Waals surface area contributed by atoms with Crippen molar-refractivity contribution in [2.45, 2.75) is 6.42 Å². The molecule has 0 radical (unpaired) electrons. The average molecular weight is 338 g/mol. The minimum absolute atomic E-state index is 0.139. The summed E-state index contributed by atoms with van der Waals surface area (Å²) in [6.45, 7) is 5.99. The molecule has 2 N–H and O–H groups in total. The zero-order valence-corrected chi connectivity index (χ0v) is 14.5. The molecule has 2 aromatic rings. The molecular weight excluding hydrogens is 312 g/mol. The van der Waals surface area contributed by atoms with Crippen LogP contribution in [0.2, 0.25) is 0 Å². The van der Waals surface area contributed by atoms with Gasteiger partial charge in [0, 0.05) is 44.1 Å². The fourth-order valence-corrected chi connectivity index (χ4v) is 3.07. The van der Waals surface area contributed by atoms with Gasteiger partial charge in [-0.25, -0.2) is 4.79 Å². The van der Waals surface area contributed by atoms with Crippen molar-refractivity contribution in [3.8, 4) is 0 Å². The molecule has 0 aromatic heterocycles. The summed E-state index contributed by atoms with van der Waals surface area (Å²) in [7, 11) is 0. The Bertz CT molecular complexity index is 639. The van der Waals surface area contributed by atoms with Crippen LogP contribution >= 0.6 is 0 Å². The summed E-state index contributed by atoms with van der Waals surface area (Å²) in [6, 6.07) is 20.0. The molecule has 0 spiro atoms. The number of nitrogens with zero attached hydrogens (tertiary/aromatic N) is 2. The molecule has 5 nitrogen and oxygen atoms in total. The molecule has 1 fully saturated rings. The van der Waals surface area contributed by atoms with Crippen molar-refractivity contribution in [3.05, 3.63) is 60.7 Å². The molecular formula is C20H26N4O. The fourth-order valence-electron chi connectivity index (χ4n) is 3.07. The van der Waals surface area contributed by atoms with Crippen molar-refractivity contribution in [1.29, 1.82) is 0 Å². The van der Waals surface area contributed by atoms with E-state index in [1.54, 1.807) is 0 Å². The van der Waals surface area contributed by atoms with Gasteiger partial charge in [-0.1, -0.05) is 36.4 Å². The van der Waals surface area contributed by atoms with Gasteiger partial charge in [-0.05, 0) is 37.2 Å². The maximum Gasteiger partial charge on any atom is 0.319 e. The number of amides is 2. The lowest BCUT2D eigenvalue weighted by Gasteiger charge is -2.36. The highest BCUT2D eigenvalue weighted by molar-refractivity contribution is 5.89. The van der Waals surface area contributed by atoms with Crippen LogP contribution in [0, 0.1) is 0 Å². The van der Waals surface area contributed by atoms with Gasteiger partial charge in [-0.15, -0.1) is 0 Å². The molecule has 0 aliphatic carbocycles. The molecule has 1 heterocycles. The second-order valence-corrected chi connectivity index (χ2v) is 6.26. The van der Waals surface area contributed by atoms with Gasteiger partial charge in [0.1, 0.15) is 0 Å². The highest BCUT2D eigenvalue weighted by Crippen LogP contribution is 2.15. The third-order valence-corrected chi connectivity index (χ3v) is 4.46. The van der Waals surface area contributed by atoms with Crippen LogP contribution in [0.3, 0.4) is 0 Å². The lowest BCUT2D eigenvalue weighted by molar-refractivity contribution is 0.244. The molecule has 2 aromatic carbocycles. The first-order valence-corrected chi connectivity index (χ1v) is 8.93. The Kier molecular flexibility index (Phi) is 6.29. The van der Waals surface area contributed by atoms with Crippen molar-refractivity contribution in [1.82, 2.24) is 10.2 Å². The summed E-state index contributed by atoms with van der Waals surface area (Å²) in [4.78, 5) is 16.7. The summed E-state index contributed by atoms with van der Waals surface area (Å²) in [5, 5.41) is 5.75. The summed E-state index contributed by atoms with van der Waals surface area (Å²) in [5.41, 5.74) is 2.12. The van der Waals surface area contributed by atoms with E-state index in [0.29, 0.717) is 6.54 Å². The van der Waals surface area contributed by atoms with Gasteiger partial charge in [0.15, 0.2) is 0 Å². The average Bonchev–Trinajstić information content (AvgIpc) is 2.67. The Hall–Kier alpha value is -2.53. The Morgan fingerprint density at radius 2 is 1.52 bits per heavy atom. The standard InChI is InChI=1S/C20H26N4O/c25-20(22-18-8-3-1-4-9-18)21-12-7-13-23-14-16-24(17-15-23)19-10-5-2-6-11-19/h1-6,8-11H,7,12-17H2,(H2,21,22,25). The Balaban J connectivity index is 1.29. The largest absolute Gasteiger partial charge is 0.369 e. The number of hydrogen-bond acceptors (Lipinski definition) is 3. The summed E-state index contributed by atoms with van der Waals surface area (Å²) < 4.78 is 0. The number of piperazine rings is 1. The van der Waals surface area contributed by atoms with E-state index < -0.39 is 0 Å². The minimum atomic E-state index is -0.139. The molecule has 0 unspecified atom stereocenters. The van der Waals surface area contributed by atoms with E-state index in [2.05, 4.69) is 50.8 Å². The molecule has 0 atom stereocenters.